The van der Waals surface area contributed by atoms with Gasteiger partial charge in [-0.2, -0.15) is 0 Å². The number of aromatic nitrogens is 2. The number of carbonyl (C=O) groups excluding carboxylic acids is 1. The maximum Gasteiger partial charge on any atom is 0.330 e. The van der Waals surface area contributed by atoms with Crippen molar-refractivity contribution in [3.8, 4) is 0 Å². The van der Waals surface area contributed by atoms with Crippen molar-refractivity contribution in [1.82, 2.24) is 9.55 Å². The van der Waals surface area contributed by atoms with Crippen LogP contribution in [0.2, 0.25) is 0 Å². The van der Waals surface area contributed by atoms with Crippen LogP contribution in [0.25, 0.3) is 0 Å². The van der Waals surface area contributed by atoms with Crippen LogP contribution in [0.5, 0.6) is 0 Å². The lowest BCUT2D eigenvalue weighted by Crippen LogP contribution is -2.33. The highest BCUT2D eigenvalue weighted by Gasteiger charge is 2.36. The number of nitrogens with zero attached hydrogens (tertiary/aromatic N) is 1. The zero-order valence-corrected chi connectivity index (χ0v) is 12.5. The molecule has 0 aliphatic carbocycles. The van der Waals surface area contributed by atoms with Crippen LogP contribution >= 0.6 is 22.6 Å². The molecule has 2 heterocycles. The van der Waals surface area contributed by atoms with Gasteiger partial charge in [-0.3, -0.25) is 19.1 Å². The summed E-state index contributed by atoms with van der Waals surface area (Å²) in [6.07, 6.45) is 0.583. The van der Waals surface area contributed by atoms with Gasteiger partial charge >= 0.3 is 11.7 Å². The van der Waals surface area contributed by atoms with Gasteiger partial charge < -0.3 is 9.47 Å². The lowest BCUT2D eigenvalue weighted by atomic mass is 10.2. The molecule has 7 nitrogen and oxygen atoms in total. The number of aromatic amines is 1. The molecule has 0 amide bonds. The minimum absolute atomic E-state index is 0.301. The third kappa shape index (κ3) is 3.06. The number of rotatable bonds is 2. The summed E-state index contributed by atoms with van der Waals surface area (Å²) in [5, 5.41) is 0. The number of carbonyl (C=O) groups is 1. The number of hydrogen-bond donors (Lipinski definition) is 1. The minimum Gasteiger partial charge on any atom is -0.460 e. The Hall–Kier alpha value is -1.16. The number of esters is 1. The van der Waals surface area contributed by atoms with Crippen LogP contribution in [-0.2, 0) is 14.3 Å². The highest BCUT2D eigenvalue weighted by Crippen LogP contribution is 2.29. The van der Waals surface area contributed by atoms with Crippen molar-refractivity contribution < 1.29 is 14.3 Å². The lowest BCUT2D eigenvalue weighted by molar-refractivity contribution is -0.148. The zero-order valence-electron chi connectivity index (χ0n) is 10.4. The van der Waals surface area contributed by atoms with Gasteiger partial charge in [-0.1, -0.05) is 0 Å². The van der Waals surface area contributed by atoms with Gasteiger partial charge in [0, 0.05) is 19.5 Å². The first-order valence-electron chi connectivity index (χ1n) is 5.72. The third-order valence-electron chi connectivity index (χ3n) is 2.88. The molecule has 2 rings (SSSR count). The van der Waals surface area contributed by atoms with E-state index >= 15 is 0 Å². The summed E-state index contributed by atoms with van der Waals surface area (Å²) < 4.78 is 12.4. The molecule has 0 spiro atoms. The molecule has 104 valence electrons. The molecule has 1 aromatic heterocycles. The molecule has 0 bridgehead atoms. The van der Waals surface area contributed by atoms with Crippen LogP contribution < -0.4 is 11.2 Å². The van der Waals surface area contributed by atoms with Gasteiger partial charge in [0.25, 0.3) is 5.56 Å². The van der Waals surface area contributed by atoms with Gasteiger partial charge in [0.2, 0.25) is 0 Å². The molecule has 0 saturated carbocycles. The van der Waals surface area contributed by atoms with E-state index in [1.807, 2.05) is 22.6 Å². The molecule has 3 atom stereocenters. The Bertz CT molecular complexity index is 608. The minimum atomic E-state index is -0.544. The Balaban J connectivity index is 2.25. The SMILES string of the molecule is CC(=O)O[C@@H]1C[C@H](n2cc(I)c(=O)[nH]c2=O)O[C@@H]1C. The number of H-pyrrole nitrogens is 1. The molecule has 1 aliphatic heterocycles. The molecule has 8 heteroatoms. The number of nitrogens with one attached hydrogen (secondary N) is 1. The second kappa shape index (κ2) is 5.45. The van der Waals surface area contributed by atoms with Crippen LogP contribution in [0, 0.1) is 3.57 Å². The molecule has 1 aromatic rings. The first-order chi connectivity index (χ1) is 8.88. The normalized spacial score (nSPS) is 26.4. The smallest absolute Gasteiger partial charge is 0.330 e. The monoisotopic (exact) mass is 380 g/mol. The van der Waals surface area contributed by atoms with Crippen molar-refractivity contribution in [2.45, 2.75) is 38.7 Å². The van der Waals surface area contributed by atoms with Gasteiger partial charge in [0.1, 0.15) is 12.3 Å². The van der Waals surface area contributed by atoms with Crippen molar-refractivity contribution in [1.29, 1.82) is 0 Å². The van der Waals surface area contributed by atoms with Gasteiger partial charge in [0.15, 0.2) is 0 Å². The first-order valence-corrected chi connectivity index (χ1v) is 6.80. The van der Waals surface area contributed by atoms with E-state index in [-0.39, 0.29) is 18.2 Å². The summed E-state index contributed by atoms with van der Waals surface area (Å²) in [5.74, 6) is -0.385. The Morgan fingerprint density at radius 2 is 2.26 bits per heavy atom. The summed E-state index contributed by atoms with van der Waals surface area (Å²) in [7, 11) is 0. The Kier molecular flexibility index (Phi) is 4.09. The molecule has 1 aliphatic rings. The fraction of sp³-hybridized carbons (Fsp3) is 0.545. The van der Waals surface area contributed by atoms with Gasteiger partial charge in [-0.25, -0.2) is 4.79 Å². The highest BCUT2D eigenvalue weighted by atomic mass is 127. The highest BCUT2D eigenvalue weighted by molar-refractivity contribution is 14.1. The van der Waals surface area contributed by atoms with E-state index < -0.39 is 17.5 Å². The van der Waals surface area contributed by atoms with Gasteiger partial charge in [0.05, 0.1) is 9.67 Å². The first kappa shape index (κ1) is 14.3. The van der Waals surface area contributed by atoms with E-state index in [9.17, 15) is 14.4 Å². The van der Waals surface area contributed by atoms with Crippen molar-refractivity contribution >= 4 is 28.6 Å². The third-order valence-corrected chi connectivity index (χ3v) is 3.65. The standard InChI is InChI=1S/C11H13IN2O5/c1-5-8(19-6(2)15)3-9(18-5)14-4-7(12)10(16)13-11(14)17/h4-5,8-9H,3H2,1-2H3,(H,13,16,17)/t5-,8-,9-/m1/s1. The Labute approximate surface area is 122 Å². The van der Waals surface area contributed by atoms with E-state index in [1.54, 1.807) is 6.92 Å². The molecule has 0 unspecified atom stereocenters. The number of ether oxygens (including phenoxy) is 2. The molecule has 0 radical (unpaired) electrons. The van der Waals surface area contributed by atoms with Crippen molar-refractivity contribution in [2.75, 3.05) is 0 Å². The summed E-state index contributed by atoms with van der Waals surface area (Å²) in [5.41, 5.74) is -0.962. The van der Waals surface area contributed by atoms with Crippen LogP contribution in [0.4, 0.5) is 0 Å². The summed E-state index contributed by atoms with van der Waals surface area (Å²) >= 11 is 1.84. The van der Waals surface area contributed by atoms with Crippen LogP contribution in [0.15, 0.2) is 15.8 Å². The Morgan fingerprint density at radius 1 is 1.58 bits per heavy atom. The largest absolute Gasteiger partial charge is 0.460 e. The summed E-state index contributed by atoms with van der Waals surface area (Å²) in [6.45, 7) is 3.10. The predicted octanol–water partition coefficient (Wildman–Crippen LogP) is 0.380. The molecule has 1 saturated heterocycles. The quantitative estimate of drug-likeness (QED) is 0.592. The second-order valence-electron chi connectivity index (χ2n) is 4.32. The van der Waals surface area contributed by atoms with Crippen molar-refractivity contribution in [2.24, 2.45) is 0 Å². The maximum absolute atomic E-state index is 11.7. The van der Waals surface area contributed by atoms with Crippen LogP contribution in [0.1, 0.15) is 26.5 Å². The number of halogens is 1. The molecular formula is C11H13IN2O5. The van der Waals surface area contributed by atoms with E-state index in [0.29, 0.717) is 9.99 Å². The van der Waals surface area contributed by atoms with Crippen molar-refractivity contribution in [3.05, 3.63) is 30.6 Å². The summed E-state index contributed by atoms with van der Waals surface area (Å²) in [4.78, 5) is 36.2. The maximum atomic E-state index is 11.7. The molecule has 1 fully saturated rings. The average molecular weight is 380 g/mol. The van der Waals surface area contributed by atoms with Crippen LogP contribution in [0.3, 0.4) is 0 Å². The fourth-order valence-electron chi connectivity index (χ4n) is 1.99. The Morgan fingerprint density at radius 3 is 2.89 bits per heavy atom. The van der Waals surface area contributed by atoms with Gasteiger partial charge in [-0.15, -0.1) is 0 Å². The van der Waals surface area contributed by atoms with E-state index in [2.05, 4.69) is 4.98 Å². The summed E-state index contributed by atoms with van der Waals surface area (Å²) in [6, 6.07) is 0. The van der Waals surface area contributed by atoms with E-state index in [4.69, 9.17) is 9.47 Å². The zero-order chi connectivity index (χ0) is 14.2. The van der Waals surface area contributed by atoms with E-state index in [0.717, 1.165) is 0 Å². The molecule has 19 heavy (non-hydrogen) atoms. The van der Waals surface area contributed by atoms with Crippen LogP contribution in [-0.4, -0.2) is 27.7 Å². The molecule has 1 N–H and O–H groups in total. The van der Waals surface area contributed by atoms with E-state index in [1.165, 1.54) is 17.7 Å². The van der Waals surface area contributed by atoms with Crippen molar-refractivity contribution in [3.63, 3.8) is 0 Å². The lowest BCUT2D eigenvalue weighted by Gasteiger charge is -2.13. The fourth-order valence-corrected chi connectivity index (χ4v) is 2.43. The number of hydrogen-bond acceptors (Lipinski definition) is 5. The van der Waals surface area contributed by atoms with Gasteiger partial charge in [-0.05, 0) is 29.5 Å². The molecule has 0 aromatic carbocycles. The predicted molar refractivity (Wildman–Crippen MR) is 73.8 cm³/mol. The molecular weight excluding hydrogens is 367 g/mol. The average Bonchev–Trinajstić information content (AvgIpc) is 2.64. The second-order valence-corrected chi connectivity index (χ2v) is 5.49. The topological polar surface area (TPSA) is 90.4 Å².